The summed E-state index contributed by atoms with van der Waals surface area (Å²) >= 11 is 3.53. The third-order valence-electron chi connectivity index (χ3n) is 4.42. The molecule has 0 spiro atoms. The molecule has 0 radical (unpaired) electrons. The fraction of sp³-hybridized carbons (Fsp3) is 0.412. The first-order valence-electron chi connectivity index (χ1n) is 7.92. The van der Waals surface area contributed by atoms with Gasteiger partial charge in [0, 0.05) is 15.8 Å². The Hall–Kier alpha value is -1.50. The fourth-order valence-electron chi connectivity index (χ4n) is 3.24. The van der Waals surface area contributed by atoms with E-state index in [4.69, 9.17) is 4.52 Å². The van der Waals surface area contributed by atoms with Crippen LogP contribution >= 0.6 is 22.7 Å². The molecule has 23 heavy (non-hydrogen) atoms. The lowest BCUT2D eigenvalue weighted by Gasteiger charge is -2.27. The highest BCUT2D eigenvalue weighted by atomic mass is 32.1. The Morgan fingerprint density at radius 3 is 3.00 bits per heavy atom. The lowest BCUT2D eigenvalue weighted by atomic mass is 10.1. The summed E-state index contributed by atoms with van der Waals surface area (Å²) in [5.74, 6) is 1.41. The smallest absolute Gasteiger partial charge is 0.244 e. The van der Waals surface area contributed by atoms with Crippen molar-refractivity contribution in [2.24, 2.45) is 0 Å². The van der Waals surface area contributed by atoms with E-state index in [1.54, 1.807) is 11.3 Å². The van der Waals surface area contributed by atoms with Crippen LogP contribution in [-0.2, 0) is 0 Å². The molecule has 3 aromatic heterocycles. The topological polar surface area (TPSA) is 42.2 Å². The number of rotatable bonds is 4. The van der Waals surface area contributed by atoms with E-state index in [0.29, 0.717) is 17.8 Å². The molecular formula is C17H19N3OS2. The largest absolute Gasteiger partial charge is 0.337 e. The minimum atomic E-state index is 0.145. The molecular weight excluding hydrogens is 326 g/mol. The van der Waals surface area contributed by atoms with Crippen molar-refractivity contribution in [3.8, 4) is 10.7 Å². The Morgan fingerprint density at radius 1 is 1.35 bits per heavy atom. The van der Waals surface area contributed by atoms with Crippen molar-refractivity contribution in [1.82, 2.24) is 15.0 Å². The number of aryl methyl sites for hydroxylation is 1. The number of hydrogen-bond acceptors (Lipinski definition) is 6. The van der Waals surface area contributed by atoms with Crippen LogP contribution < -0.4 is 0 Å². The van der Waals surface area contributed by atoms with Crippen molar-refractivity contribution in [3.05, 3.63) is 45.3 Å². The predicted molar refractivity (Wildman–Crippen MR) is 93.8 cm³/mol. The van der Waals surface area contributed by atoms with E-state index < -0.39 is 0 Å². The van der Waals surface area contributed by atoms with Gasteiger partial charge in [-0.3, -0.25) is 4.90 Å². The van der Waals surface area contributed by atoms with Gasteiger partial charge < -0.3 is 4.52 Å². The van der Waals surface area contributed by atoms with Crippen LogP contribution in [0, 0.1) is 6.92 Å². The summed E-state index contributed by atoms with van der Waals surface area (Å²) in [6, 6.07) is 9.13. The van der Waals surface area contributed by atoms with Gasteiger partial charge in [0.25, 0.3) is 0 Å². The van der Waals surface area contributed by atoms with Gasteiger partial charge in [0.2, 0.25) is 11.7 Å². The SMILES string of the molecule is Cc1ccc(C2CCCN2C(C)c2nc(-c3cccs3)no2)s1. The average molecular weight is 345 g/mol. The monoisotopic (exact) mass is 345 g/mol. The number of nitrogens with zero attached hydrogens (tertiary/aromatic N) is 3. The lowest BCUT2D eigenvalue weighted by molar-refractivity contribution is 0.161. The summed E-state index contributed by atoms with van der Waals surface area (Å²) in [6.45, 7) is 5.42. The van der Waals surface area contributed by atoms with Gasteiger partial charge in [0.15, 0.2) is 0 Å². The zero-order valence-electron chi connectivity index (χ0n) is 13.2. The Bertz CT molecular complexity index is 777. The van der Waals surface area contributed by atoms with Crippen molar-refractivity contribution in [1.29, 1.82) is 0 Å². The molecule has 1 saturated heterocycles. The number of aromatic nitrogens is 2. The van der Waals surface area contributed by atoms with Crippen LogP contribution in [-0.4, -0.2) is 21.6 Å². The van der Waals surface area contributed by atoms with Crippen molar-refractivity contribution in [2.45, 2.75) is 38.8 Å². The molecule has 1 aliphatic rings. The molecule has 2 atom stereocenters. The standard InChI is InChI=1S/C17H19N3OS2/c1-11-7-8-14(23-11)13-5-3-9-20(13)12(2)17-18-16(19-21-17)15-6-4-10-22-15/h4,6-8,10,12-13H,3,5,9H2,1-2H3. The molecule has 1 fully saturated rings. The van der Waals surface area contributed by atoms with Crippen LogP contribution in [0.5, 0.6) is 0 Å². The van der Waals surface area contributed by atoms with Gasteiger partial charge in [-0.25, -0.2) is 0 Å². The van der Waals surface area contributed by atoms with Gasteiger partial charge in [-0.1, -0.05) is 11.2 Å². The van der Waals surface area contributed by atoms with E-state index in [1.165, 1.54) is 22.6 Å². The molecule has 4 nitrogen and oxygen atoms in total. The fourth-order valence-corrected chi connectivity index (χ4v) is 4.93. The van der Waals surface area contributed by atoms with Crippen LogP contribution in [0.4, 0.5) is 0 Å². The third kappa shape index (κ3) is 2.86. The second kappa shape index (κ2) is 6.19. The highest BCUT2D eigenvalue weighted by Gasteiger charge is 2.33. The molecule has 0 N–H and O–H groups in total. The second-order valence-corrected chi connectivity index (χ2v) is 8.22. The number of hydrogen-bond donors (Lipinski definition) is 0. The van der Waals surface area contributed by atoms with Gasteiger partial charge in [0.1, 0.15) is 0 Å². The molecule has 6 heteroatoms. The Balaban J connectivity index is 1.57. The maximum atomic E-state index is 5.56. The quantitative estimate of drug-likeness (QED) is 0.662. The van der Waals surface area contributed by atoms with Crippen LogP contribution in [0.3, 0.4) is 0 Å². The first-order chi connectivity index (χ1) is 11.2. The molecule has 0 bridgehead atoms. The zero-order valence-corrected chi connectivity index (χ0v) is 14.9. The lowest BCUT2D eigenvalue weighted by Crippen LogP contribution is -2.26. The molecule has 4 rings (SSSR count). The molecule has 0 saturated carbocycles. The minimum Gasteiger partial charge on any atom is -0.337 e. The molecule has 1 aliphatic heterocycles. The summed E-state index contributed by atoms with van der Waals surface area (Å²) in [5.41, 5.74) is 0. The molecule has 0 aliphatic carbocycles. The summed E-state index contributed by atoms with van der Waals surface area (Å²) < 4.78 is 5.56. The van der Waals surface area contributed by atoms with Gasteiger partial charge in [0.05, 0.1) is 10.9 Å². The van der Waals surface area contributed by atoms with E-state index >= 15 is 0 Å². The Labute approximate surface area is 143 Å². The second-order valence-electron chi connectivity index (χ2n) is 5.95. The van der Waals surface area contributed by atoms with Crippen LogP contribution in [0.2, 0.25) is 0 Å². The summed E-state index contributed by atoms with van der Waals surface area (Å²) in [7, 11) is 0. The van der Waals surface area contributed by atoms with Crippen LogP contribution in [0.15, 0.2) is 34.2 Å². The average Bonchev–Trinajstić information content (AvgIpc) is 3.31. The first kappa shape index (κ1) is 15.1. The summed E-state index contributed by atoms with van der Waals surface area (Å²) in [6.07, 6.45) is 2.42. The first-order valence-corrected chi connectivity index (χ1v) is 9.61. The van der Waals surface area contributed by atoms with E-state index in [2.05, 4.69) is 41.0 Å². The predicted octanol–water partition coefficient (Wildman–Crippen LogP) is 5.07. The number of thiophene rings is 2. The van der Waals surface area contributed by atoms with Crippen LogP contribution in [0.25, 0.3) is 10.7 Å². The van der Waals surface area contributed by atoms with Gasteiger partial charge in [-0.2, -0.15) is 4.98 Å². The van der Waals surface area contributed by atoms with Crippen LogP contribution in [0.1, 0.15) is 47.5 Å². The van der Waals surface area contributed by atoms with Gasteiger partial charge >= 0.3 is 0 Å². The molecule has 0 aromatic carbocycles. The maximum absolute atomic E-state index is 5.56. The Kier molecular flexibility index (Phi) is 4.05. The van der Waals surface area contributed by atoms with E-state index in [-0.39, 0.29) is 6.04 Å². The van der Waals surface area contributed by atoms with Crippen molar-refractivity contribution >= 4 is 22.7 Å². The highest BCUT2D eigenvalue weighted by Crippen LogP contribution is 2.40. The molecule has 2 unspecified atom stereocenters. The van der Waals surface area contributed by atoms with E-state index in [1.807, 2.05) is 28.8 Å². The highest BCUT2D eigenvalue weighted by molar-refractivity contribution is 7.13. The molecule has 120 valence electrons. The van der Waals surface area contributed by atoms with Crippen molar-refractivity contribution in [2.75, 3.05) is 6.54 Å². The van der Waals surface area contributed by atoms with Gasteiger partial charge in [-0.05, 0) is 56.8 Å². The zero-order chi connectivity index (χ0) is 15.8. The molecule has 4 heterocycles. The number of likely N-dealkylation sites (tertiary alicyclic amines) is 1. The summed E-state index contributed by atoms with van der Waals surface area (Å²) in [4.78, 5) is 11.0. The van der Waals surface area contributed by atoms with E-state index in [9.17, 15) is 0 Å². The normalized spacial score (nSPS) is 20.2. The third-order valence-corrected chi connectivity index (χ3v) is 6.39. The summed E-state index contributed by atoms with van der Waals surface area (Å²) in [5, 5.41) is 6.19. The Morgan fingerprint density at radius 2 is 2.26 bits per heavy atom. The molecule has 3 aromatic rings. The molecule has 0 amide bonds. The van der Waals surface area contributed by atoms with Crippen molar-refractivity contribution in [3.63, 3.8) is 0 Å². The maximum Gasteiger partial charge on any atom is 0.244 e. The minimum absolute atomic E-state index is 0.145. The van der Waals surface area contributed by atoms with Gasteiger partial charge in [-0.15, -0.1) is 22.7 Å². The van der Waals surface area contributed by atoms with E-state index in [0.717, 1.165) is 11.4 Å². The van der Waals surface area contributed by atoms with Crippen molar-refractivity contribution < 1.29 is 4.52 Å².